The molecular weight excluding hydrogens is 216 g/mol. The molecule has 2 N–H and O–H groups in total. The van der Waals surface area contributed by atoms with Crippen LogP contribution in [0.3, 0.4) is 0 Å². The van der Waals surface area contributed by atoms with Crippen LogP contribution in [0.25, 0.3) is 0 Å². The number of nitrogen functional groups attached to an aromatic ring is 1. The molecule has 17 heavy (non-hydrogen) atoms. The summed E-state index contributed by atoms with van der Waals surface area (Å²) in [4.78, 5) is 13.8. The highest BCUT2D eigenvalue weighted by atomic mass is 16.5. The lowest BCUT2D eigenvalue weighted by Crippen LogP contribution is -2.34. The fourth-order valence-corrected chi connectivity index (χ4v) is 2.07. The second-order valence-corrected chi connectivity index (χ2v) is 4.45. The summed E-state index contributed by atoms with van der Waals surface area (Å²) in [5.74, 6) is -0.00667. The molecule has 1 saturated heterocycles. The molecule has 1 aliphatic rings. The summed E-state index contributed by atoms with van der Waals surface area (Å²) < 4.78 is 5.51. The Labute approximate surface area is 101 Å². The molecule has 0 spiro atoms. The molecule has 0 radical (unpaired) electrons. The Morgan fingerprint density at radius 1 is 1.59 bits per heavy atom. The van der Waals surface area contributed by atoms with Gasteiger partial charge in [0.15, 0.2) is 0 Å². The van der Waals surface area contributed by atoms with Crippen molar-refractivity contribution in [3.8, 4) is 0 Å². The Hall–Kier alpha value is -1.55. The summed E-state index contributed by atoms with van der Waals surface area (Å²) in [7, 11) is 1.80. The van der Waals surface area contributed by atoms with Crippen molar-refractivity contribution in [2.75, 3.05) is 25.9 Å². The van der Waals surface area contributed by atoms with E-state index in [0.717, 1.165) is 19.4 Å². The molecule has 0 saturated carbocycles. The van der Waals surface area contributed by atoms with E-state index in [2.05, 4.69) is 0 Å². The fourth-order valence-electron chi connectivity index (χ4n) is 2.07. The molecule has 1 atom stereocenters. The summed E-state index contributed by atoms with van der Waals surface area (Å²) in [5.41, 5.74) is 6.91. The zero-order valence-electron chi connectivity index (χ0n) is 10.1. The number of benzene rings is 1. The first-order valence-corrected chi connectivity index (χ1v) is 5.89. The van der Waals surface area contributed by atoms with Gasteiger partial charge in [-0.1, -0.05) is 6.07 Å². The number of anilines is 1. The van der Waals surface area contributed by atoms with E-state index in [4.69, 9.17) is 10.5 Å². The van der Waals surface area contributed by atoms with Crippen LogP contribution in [0.4, 0.5) is 5.69 Å². The molecule has 4 nitrogen and oxygen atoms in total. The van der Waals surface area contributed by atoms with Crippen LogP contribution < -0.4 is 5.73 Å². The summed E-state index contributed by atoms with van der Waals surface area (Å²) in [6.45, 7) is 1.46. The van der Waals surface area contributed by atoms with Crippen molar-refractivity contribution in [3.63, 3.8) is 0 Å². The summed E-state index contributed by atoms with van der Waals surface area (Å²) in [5, 5.41) is 0. The van der Waals surface area contributed by atoms with Crippen LogP contribution >= 0.6 is 0 Å². The number of likely N-dealkylation sites (N-methyl/N-ethyl adjacent to an activating group) is 1. The van der Waals surface area contributed by atoms with Crippen LogP contribution in [0, 0.1) is 0 Å². The molecule has 1 aromatic rings. The van der Waals surface area contributed by atoms with E-state index in [9.17, 15) is 4.79 Å². The van der Waals surface area contributed by atoms with Crippen molar-refractivity contribution in [1.29, 1.82) is 0 Å². The molecule has 92 valence electrons. The lowest BCUT2D eigenvalue weighted by Gasteiger charge is -2.20. The van der Waals surface area contributed by atoms with E-state index < -0.39 is 0 Å². The largest absolute Gasteiger partial charge is 0.399 e. The second kappa shape index (κ2) is 5.19. The van der Waals surface area contributed by atoms with Crippen molar-refractivity contribution in [2.24, 2.45) is 0 Å². The summed E-state index contributed by atoms with van der Waals surface area (Å²) in [6, 6.07) is 7.05. The number of hydrogen-bond acceptors (Lipinski definition) is 3. The Kier molecular flexibility index (Phi) is 3.64. The van der Waals surface area contributed by atoms with Gasteiger partial charge >= 0.3 is 0 Å². The van der Waals surface area contributed by atoms with Crippen molar-refractivity contribution in [1.82, 2.24) is 4.90 Å². The van der Waals surface area contributed by atoms with Crippen LogP contribution in [-0.2, 0) is 4.74 Å². The monoisotopic (exact) mass is 234 g/mol. The normalized spacial score (nSPS) is 19.2. The van der Waals surface area contributed by atoms with Gasteiger partial charge in [-0.05, 0) is 31.0 Å². The maximum Gasteiger partial charge on any atom is 0.253 e. The SMILES string of the molecule is CN(CC1CCCO1)C(=O)c1cccc(N)c1. The molecule has 0 aliphatic carbocycles. The minimum Gasteiger partial charge on any atom is -0.399 e. The van der Waals surface area contributed by atoms with Gasteiger partial charge in [0.2, 0.25) is 0 Å². The summed E-state index contributed by atoms with van der Waals surface area (Å²) in [6.07, 6.45) is 2.31. The maximum atomic E-state index is 12.1. The highest BCUT2D eigenvalue weighted by molar-refractivity contribution is 5.94. The minimum atomic E-state index is -0.00667. The Balaban J connectivity index is 1.98. The molecule has 1 heterocycles. The van der Waals surface area contributed by atoms with Gasteiger partial charge in [0.05, 0.1) is 6.10 Å². The number of rotatable bonds is 3. The molecule has 1 aromatic carbocycles. The average Bonchev–Trinajstić information content (AvgIpc) is 2.80. The molecule has 1 aliphatic heterocycles. The number of nitrogens with zero attached hydrogens (tertiary/aromatic N) is 1. The first-order valence-electron chi connectivity index (χ1n) is 5.89. The van der Waals surface area contributed by atoms with Gasteiger partial charge in [-0.2, -0.15) is 0 Å². The zero-order valence-corrected chi connectivity index (χ0v) is 10.1. The third-order valence-electron chi connectivity index (χ3n) is 2.98. The van der Waals surface area contributed by atoms with Crippen LogP contribution in [0.2, 0.25) is 0 Å². The van der Waals surface area contributed by atoms with Crippen molar-refractivity contribution in [2.45, 2.75) is 18.9 Å². The Bertz CT molecular complexity index is 400. The van der Waals surface area contributed by atoms with Gasteiger partial charge in [0.1, 0.15) is 0 Å². The predicted molar refractivity (Wildman–Crippen MR) is 66.8 cm³/mol. The Morgan fingerprint density at radius 3 is 3.06 bits per heavy atom. The van der Waals surface area contributed by atoms with Crippen molar-refractivity contribution in [3.05, 3.63) is 29.8 Å². The van der Waals surface area contributed by atoms with Crippen molar-refractivity contribution >= 4 is 11.6 Å². The number of hydrogen-bond donors (Lipinski definition) is 1. The highest BCUT2D eigenvalue weighted by Gasteiger charge is 2.20. The van der Waals surface area contributed by atoms with Gasteiger partial charge in [0, 0.05) is 31.5 Å². The van der Waals surface area contributed by atoms with E-state index in [0.29, 0.717) is 17.8 Å². The quantitative estimate of drug-likeness (QED) is 0.807. The molecule has 1 amide bonds. The van der Waals surface area contributed by atoms with Crippen LogP contribution in [-0.4, -0.2) is 37.1 Å². The van der Waals surface area contributed by atoms with Gasteiger partial charge < -0.3 is 15.4 Å². The highest BCUT2D eigenvalue weighted by Crippen LogP contribution is 2.15. The summed E-state index contributed by atoms with van der Waals surface area (Å²) >= 11 is 0. The van der Waals surface area contributed by atoms with E-state index in [-0.39, 0.29) is 12.0 Å². The lowest BCUT2D eigenvalue weighted by molar-refractivity contribution is 0.0587. The molecule has 1 fully saturated rings. The third-order valence-corrected chi connectivity index (χ3v) is 2.98. The van der Waals surface area contributed by atoms with Gasteiger partial charge in [-0.25, -0.2) is 0 Å². The third kappa shape index (κ3) is 2.97. The molecular formula is C13H18N2O2. The number of ether oxygens (including phenoxy) is 1. The molecule has 0 aromatic heterocycles. The lowest BCUT2D eigenvalue weighted by atomic mass is 10.1. The first-order chi connectivity index (χ1) is 8.16. The number of nitrogens with two attached hydrogens (primary N) is 1. The van der Waals surface area contributed by atoms with E-state index in [1.54, 1.807) is 36.2 Å². The zero-order chi connectivity index (χ0) is 12.3. The fraction of sp³-hybridized carbons (Fsp3) is 0.462. The van der Waals surface area contributed by atoms with Crippen LogP contribution in [0.1, 0.15) is 23.2 Å². The van der Waals surface area contributed by atoms with E-state index >= 15 is 0 Å². The van der Waals surface area contributed by atoms with Crippen LogP contribution in [0.15, 0.2) is 24.3 Å². The minimum absolute atomic E-state index is 0.00667. The smallest absolute Gasteiger partial charge is 0.253 e. The molecule has 2 rings (SSSR count). The Morgan fingerprint density at radius 2 is 2.41 bits per heavy atom. The van der Waals surface area contributed by atoms with Gasteiger partial charge in [0.25, 0.3) is 5.91 Å². The van der Waals surface area contributed by atoms with E-state index in [1.807, 2.05) is 0 Å². The average molecular weight is 234 g/mol. The van der Waals surface area contributed by atoms with E-state index in [1.165, 1.54) is 0 Å². The first kappa shape index (κ1) is 11.9. The number of carbonyl (C=O) groups excluding carboxylic acids is 1. The molecule has 1 unspecified atom stereocenters. The molecule has 4 heteroatoms. The maximum absolute atomic E-state index is 12.1. The standard InChI is InChI=1S/C13H18N2O2/c1-15(9-12-6-3-7-17-12)13(16)10-4-2-5-11(14)8-10/h2,4-5,8,12H,3,6-7,9,14H2,1H3. The molecule has 0 bridgehead atoms. The van der Waals surface area contributed by atoms with Gasteiger partial charge in [-0.15, -0.1) is 0 Å². The van der Waals surface area contributed by atoms with Crippen molar-refractivity contribution < 1.29 is 9.53 Å². The predicted octanol–water partition coefficient (Wildman–Crippen LogP) is 1.52. The number of carbonyl (C=O) groups is 1. The van der Waals surface area contributed by atoms with Crippen LogP contribution in [0.5, 0.6) is 0 Å². The van der Waals surface area contributed by atoms with Gasteiger partial charge in [-0.3, -0.25) is 4.79 Å². The number of amides is 1. The second-order valence-electron chi connectivity index (χ2n) is 4.45. The topological polar surface area (TPSA) is 55.6 Å².